The van der Waals surface area contributed by atoms with Gasteiger partial charge in [-0.05, 0) is 86.4 Å². The van der Waals surface area contributed by atoms with Crippen molar-refractivity contribution >= 4 is 113 Å². The highest BCUT2D eigenvalue weighted by Crippen LogP contribution is 2.39. The number of nitrogens with zero attached hydrogens (tertiary/aromatic N) is 6. The minimum atomic E-state index is -4.12. The average Bonchev–Trinajstić information content (AvgIpc) is 3.85. The Morgan fingerprint density at radius 3 is 1.64 bits per heavy atom. The minimum Gasteiger partial charge on any atom is -0.494 e. The number of nitriles is 2. The molecule has 394 valence electrons. The zero-order valence-electron chi connectivity index (χ0n) is 44.5. The van der Waals surface area contributed by atoms with Crippen LogP contribution in [0.15, 0.2) is 207 Å². The van der Waals surface area contributed by atoms with Gasteiger partial charge in [0.2, 0.25) is 0 Å². The summed E-state index contributed by atoms with van der Waals surface area (Å²) in [6.45, 7) is 7.30. The van der Waals surface area contributed by atoms with Crippen molar-refractivity contribution in [3.05, 3.63) is 244 Å². The monoisotopic (exact) mass is 1110 g/mol. The number of allylic oxidation sites excluding steroid dienone is 1. The quantitative estimate of drug-likeness (QED) is 0.0508. The normalized spacial score (nSPS) is 12.3. The van der Waals surface area contributed by atoms with Crippen LogP contribution in [0.4, 0.5) is 0 Å². The molecule has 4 aromatic heterocycles. The number of unbranched alkanes of at least 4 members (excludes halogenated alkanes) is 1. The van der Waals surface area contributed by atoms with Gasteiger partial charge in [-0.25, -0.2) is 9.97 Å². The number of hydrogen-bond acceptors (Lipinski definition) is 9. The number of aromatic nitrogens is 4. The van der Waals surface area contributed by atoms with E-state index in [4.69, 9.17) is 14.7 Å². The summed E-state index contributed by atoms with van der Waals surface area (Å²) in [5.74, 6) is 0.192. The van der Waals surface area contributed by atoms with Crippen LogP contribution in [-0.2, 0) is 10.1 Å². The third kappa shape index (κ3) is 10.8. The van der Waals surface area contributed by atoms with Gasteiger partial charge in [-0.1, -0.05) is 192 Å². The molecule has 0 aliphatic heterocycles. The van der Waals surface area contributed by atoms with E-state index in [1.807, 2.05) is 153 Å². The highest BCUT2D eigenvalue weighted by molar-refractivity contribution is 7.85. The molecule has 81 heavy (non-hydrogen) atoms. The van der Waals surface area contributed by atoms with E-state index in [0.717, 1.165) is 70.4 Å². The van der Waals surface area contributed by atoms with Crippen LogP contribution in [0.3, 0.4) is 0 Å². The van der Waals surface area contributed by atoms with Gasteiger partial charge < -0.3 is 13.7 Å². The highest BCUT2D eigenvalue weighted by Gasteiger charge is 2.38. The zero-order chi connectivity index (χ0) is 56.0. The van der Waals surface area contributed by atoms with E-state index < -0.39 is 23.8 Å². The zero-order valence-corrected chi connectivity index (χ0v) is 46.9. The second kappa shape index (κ2) is 23.7. The molecule has 0 amide bonds. The fourth-order valence-electron chi connectivity index (χ4n) is 10.9. The Labute approximate surface area is 479 Å². The van der Waals surface area contributed by atoms with Crippen molar-refractivity contribution in [2.24, 2.45) is 0 Å². The summed E-state index contributed by atoms with van der Waals surface area (Å²) in [5, 5.41) is 28.2. The number of para-hydroxylation sites is 1. The van der Waals surface area contributed by atoms with Gasteiger partial charge in [-0.3, -0.25) is 4.55 Å². The van der Waals surface area contributed by atoms with Crippen LogP contribution >= 0.6 is 22.7 Å². The third-order valence-corrected chi connectivity index (χ3v) is 17.3. The average molecular weight is 1110 g/mol. The summed E-state index contributed by atoms with van der Waals surface area (Å²) in [6.07, 6.45) is 6.31. The van der Waals surface area contributed by atoms with Crippen molar-refractivity contribution in [2.45, 2.75) is 26.7 Å². The molecule has 0 aliphatic carbocycles. The Morgan fingerprint density at radius 2 is 1.14 bits per heavy atom. The lowest BCUT2D eigenvalue weighted by Crippen LogP contribution is -2.54. The number of thiazole rings is 2. The lowest BCUT2D eigenvalue weighted by Gasteiger charge is -2.24. The van der Waals surface area contributed by atoms with Gasteiger partial charge in [-0.2, -0.15) is 18.9 Å². The van der Waals surface area contributed by atoms with Gasteiger partial charge in [0.05, 0.1) is 43.8 Å². The van der Waals surface area contributed by atoms with Gasteiger partial charge in [0.15, 0.2) is 0 Å². The summed E-state index contributed by atoms with van der Waals surface area (Å²) >= 11 is 2.89. The molecule has 0 spiro atoms. The molecule has 0 atom stereocenters. The number of benzene rings is 7. The van der Waals surface area contributed by atoms with Crippen molar-refractivity contribution in [1.82, 2.24) is 18.9 Å². The molecule has 0 fully saturated rings. The minimum absolute atomic E-state index is 0.218. The SMILES string of the molecule is C=Cc1nc(/C(C#N)=c2/c3c(-c4ccc(OCCCCS(=O)(=O)O)cc4)n(B(c4ccccc4)c4ccccc4)/c(=C(/C#N)c4nc5ccccc5s4)c3c(-c3ccccc3C)n2B(c2ccccc2)c2ccccc2)sc1/C=C\C. The Morgan fingerprint density at radius 1 is 0.642 bits per heavy atom. The molecule has 11 aromatic rings. The Bertz CT molecular complexity index is 4380. The van der Waals surface area contributed by atoms with Crippen LogP contribution in [0.25, 0.3) is 66.8 Å². The Balaban J connectivity index is 1.44. The molecule has 7 aromatic carbocycles. The van der Waals surface area contributed by atoms with E-state index in [-0.39, 0.29) is 18.8 Å². The van der Waals surface area contributed by atoms with Gasteiger partial charge in [-0.15, -0.1) is 22.7 Å². The molecule has 0 radical (unpaired) electrons. The number of aryl methyl sites for hydroxylation is 1. The molecule has 4 heterocycles. The van der Waals surface area contributed by atoms with Gasteiger partial charge in [0.1, 0.15) is 39.0 Å². The fourth-order valence-corrected chi connectivity index (χ4v) is 13.4. The number of ether oxygens (including phenoxy) is 1. The van der Waals surface area contributed by atoms with Crippen molar-refractivity contribution in [2.75, 3.05) is 12.4 Å². The summed E-state index contributed by atoms with van der Waals surface area (Å²) in [4.78, 5) is 11.4. The molecule has 10 nitrogen and oxygen atoms in total. The van der Waals surface area contributed by atoms with E-state index in [2.05, 4.69) is 95.3 Å². The molecule has 15 heteroatoms. The predicted octanol–water partition coefficient (Wildman–Crippen LogP) is 10.6. The van der Waals surface area contributed by atoms with Crippen LogP contribution in [0.5, 0.6) is 5.75 Å². The van der Waals surface area contributed by atoms with Crippen LogP contribution < -0.4 is 37.3 Å². The second-order valence-electron chi connectivity index (χ2n) is 19.4. The molecule has 0 saturated heterocycles. The molecule has 0 aliphatic rings. The molecule has 0 unspecified atom stereocenters. The molecular weight excluding hydrogens is 1060 g/mol. The third-order valence-electron chi connectivity index (χ3n) is 14.3. The number of hydrogen-bond donors (Lipinski definition) is 1. The van der Waals surface area contributed by atoms with Crippen LogP contribution in [0, 0.1) is 29.6 Å². The van der Waals surface area contributed by atoms with E-state index in [1.54, 1.807) is 6.08 Å². The number of rotatable bonds is 18. The van der Waals surface area contributed by atoms with E-state index >= 15 is 0 Å². The van der Waals surface area contributed by atoms with Gasteiger partial charge in [0.25, 0.3) is 10.1 Å². The van der Waals surface area contributed by atoms with Crippen molar-refractivity contribution in [3.8, 4) is 40.4 Å². The molecule has 11 rings (SSSR count). The second-order valence-corrected chi connectivity index (χ2v) is 23.1. The highest BCUT2D eigenvalue weighted by atomic mass is 32.2. The van der Waals surface area contributed by atoms with E-state index in [9.17, 15) is 23.5 Å². The first-order valence-electron chi connectivity index (χ1n) is 26.5. The van der Waals surface area contributed by atoms with Crippen molar-refractivity contribution < 1.29 is 17.7 Å². The Hall–Kier alpha value is -9.08. The maximum atomic E-state index is 12.3. The standard InChI is InChI=1S/C66H52B2N6O4S3/c1-4-24-57-55(5-2)71-65(79-57)53(43-69)63-59-60(62(52-34-19-18-25-45(52)3)74(63)68(49-30-14-8-15-31-49)50-32-16-9-17-33-50)64(54(44-70)66-72-56-35-20-21-36-58(56)80-66)73(67(47-26-10-6-11-27-47)48-28-12-7-13-29-48)61(59)46-37-39-51(40-38-46)78-41-22-23-42-81(75,76)77/h4-21,24-40H,2,22-23,41-42H2,1,3H3,(H,75,76,77)/b24-4-,63-53-,64-54-. The smallest absolute Gasteiger partial charge is 0.328 e. The first kappa shape index (κ1) is 53.9. The molecule has 0 bridgehead atoms. The van der Waals surface area contributed by atoms with Gasteiger partial charge in [0, 0.05) is 27.7 Å². The summed E-state index contributed by atoms with van der Waals surface area (Å²) in [7, 11) is -4.12. The van der Waals surface area contributed by atoms with E-state index in [0.29, 0.717) is 55.1 Å². The first-order chi connectivity index (χ1) is 39.6. The predicted molar refractivity (Wildman–Crippen MR) is 335 cm³/mol. The fraction of sp³-hybridized carbons (Fsp3) is 0.0909. The van der Waals surface area contributed by atoms with Crippen molar-refractivity contribution in [3.63, 3.8) is 0 Å². The molecular formula is C66H52B2N6O4S3. The van der Waals surface area contributed by atoms with Crippen molar-refractivity contribution in [1.29, 1.82) is 10.5 Å². The maximum Gasteiger partial charge on any atom is 0.328 e. The molecule has 1 N–H and O–H groups in total. The Kier molecular flexibility index (Phi) is 15.8. The molecule has 0 saturated carbocycles. The lowest BCUT2D eigenvalue weighted by molar-refractivity contribution is 0.309. The summed E-state index contributed by atoms with van der Waals surface area (Å²) in [6, 6.07) is 70.9. The van der Waals surface area contributed by atoms with Crippen LogP contribution in [0.1, 0.15) is 45.9 Å². The summed E-state index contributed by atoms with van der Waals surface area (Å²) in [5.41, 5.74) is 10.0. The number of fused-ring (bicyclic) bond motifs is 2. The van der Waals surface area contributed by atoms with Crippen LogP contribution in [0.2, 0.25) is 0 Å². The van der Waals surface area contributed by atoms with Gasteiger partial charge >= 0.3 is 13.7 Å². The van der Waals surface area contributed by atoms with E-state index in [1.165, 1.54) is 22.7 Å². The lowest BCUT2D eigenvalue weighted by atomic mass is 9.50. The van der Waals surface area contributed by atoms with Crippen LogP contribution in [-0.4, -0.2) is 57.9 Å². The summed E-state index contributed by atoms with van der Waals surface area (Å²) < 4.78 is 44.3. The maximum absolute atomic E-state index is 12.3. The topological polar surface area (TPSA) is 147 Å². The first-order valence-corrected chi connectivity index (χ1v) is 29.8. The largest absolute Gasteiger partial charge is 0.494 e.